The standard InChI is InChI=1S/C10H8O.BCl/c11-10-7-3-5-8-4-1-2-6-9(8)10;1-2/h1-7,11H;. The lowest BCUT2D eigenvalue weighted by Crippen LogP contribution is -1.70. The van der Waals surface area contributed by atoms with Gasteiger partial charge in [0.1, 0.15) is 5.75 Å². The quantitative estimate of drug-likeness (QED) is 0.633. The number of rotatable bonds is 0. The predicted octanol–water partition coefficient (Wildman–Crippen LogP) is 2.85. The van der Waals surface area contributed by atoms with E-state index in [1.165, 1.54) is 0 Å². The van der Waals surface area contributed by atoms with Crippen molar-refractivity contribution in [1.82, 2.24) is 0 Å². The molecule has 2 aromatic carbocycles. The van der Waals surface area contributed by atoms with Crippen LogP contribution < -0.4 is 0 Å². The molecule has 0 aromatic heterocycles. The number of halogens is 1. The predicted molar refractivity (Wildman–Crippen MR) is 57.2 cm³/mol. The summed E-state index contributed by atoms with van der Waals surface area (Å²) >= 11 is 4.14. The number of fused-ring (bicyclic) bond motifs is 1. The van der Waals surface area contributed by atoms with Gasteiger partial charge in [-0.15, -0.1) is 0 Å². The first-order valence-electron chi connectivity index (χ1n) is 3.76. The Balaban J connectivity index is 0.000000396. The van der Waals surface area contributed by atoms with Crippen LogP contribution in [0.1, 0.15) is 0 Å². The first kappa shape index (κ1) is 9.94. The molecule has 1 nitrogen and oxygen atoms in total. The SMILES string of the molecule is Oc1cccc2ccccc12.[B]Cl. The molecule has 0 spiro atoms. The molecule has 0 saturated heterocycles. The van der Waals surface area contributed by atoms with Crippen molar-refractivity contribution in [1.29, 1.82) is 0 Å². The van der Waals surface area contributed by atoms with E-state index in [0.717, 1.165) is 10.8 Å². The number of phenols is 1. The molecule has 64 valence electrons. The Labute approximate surface area is 83.3 Å². The summed E-state index contributed by atoms with van der Waals surface area (Å²) < 4.78 is 0. The van der Waals surface area contributed by atoms with Gasteiger partial charge in [-0.05, 0) is 11.5 Å². The fourth-order valence-corrected chi connectivity index (χ4v) is 1.21. The maximum atomic E-state index is 9.37. The zero-order valence-corrected chi connectivity index (χ0v) is 7.70. The average molecular weight is 190 g/mol. The lowest BCUT2D eigenvalue weighted by atomic mass is 10.1. The minimum absolute atomic E-state index is 0.350. The van der Waals surface area contributed by atoms with Gasteiger partial charge in [0.2, 0.25) is 7.26 Å². The van der Waals surface area contributed by atoms with E-state index in [-0.39, 0.29) is 0 Å². The van der Waals surface area contributed by atoms with Crippen molar-refractivity contribution >= 4 is 29.5 Å². The lowest BCUT2D eigenvalue weighted by molar-refractivity contribution is 0.481. The zero-order chi connectivity index (χ0) is 9.68. The zero-order valence-electron chi connectivity index (χ0n) is 6.94. The molecule has 3 heteroatoms. The number of benzene rings is 2. The Hall–Kier alpha value is -1.15. The normalized spacial score (nSPS) is 9.00. The summed E-state index contributed by atoms with van der Waals surface area (Å²) in [7, 11) is 3.97. The third-order valence-electron chi connectivity index (χ3n) is 1.77. The van der Waals surface area contributed by atoms with Gasteiger partial charge in [-0.2, -0.15) is 0 Å². The molecular formula is C10H8BClO. The fourth-order valence-electron chi connectivity index (χ4n) is 1.21. The van der Waals surface area contributed by atoms with Gasteiger partial charge in [0, 0.05) is 5.39 Å². The summed E-state index contributed by atoms with van der Waals surface area (Å²) in [6, 6.07) is 13.3. The van der Waals surface area contributed by atoms with Crippen molar-refractivity contribution in [2.45, 2.75) is 0 Å². The van der Waals surface area contributed by atoms with E-state index in [0.29, 0.717) is 5.75 Å². The molecule has 13 heavy (non-hydrogen) atoms. The molecule has 0 unspecified atom stereocenters. The Bertz CT molecular complexity index is 384. The summed E-state index contributed by atoms with van der Waals surface area (Å²) in [6.45, 7) is 0. The number of hydrogen-bond acceptors (Lipinski definition) is 1. The summed E-state index contributed by atoms with van der Waals surface area (Å²) in [5, 5.41) is 11.4. The second-order valence-corrected chi connectivity index (χ2v) is 2.50. The molecule has 2 radical (unpaired) electrons. The Morgan fingerprint density at radius 1 is 0.923 bits per heavy atom. The maximum absolute atomic E-state index is 9.37. The highest BCUT2D eigenvalue weighted by Crippen LogP contribution is 2.22. The van der Waals surface area contributed by atoms with Gasteiger partial charge in [-0.25, -0.2) is 11.5 Å². The van der Waals surface area contributed by atoms with E-state index >= 15 is 0 Å². The first-order valence-corrected chi connectivity index (χ1v) is 4.20. The van der Waals surface area contributed by atoms with Crippen LogP contribution in [-0.4, -0.2) is 12.4 Å². The molecule has 0 atom stereocenters. The largest absolute Gasteiger partial charge is 0.507 e. The Morgan fingerprint density at radius 3 is 2.23 bits per heavy atom. The van der Waals surface area contributed by atoms with Crippen LogP contribution in [-0.2, 0) is 0 Å². The second kappa shape index (κ2) is 4.78. The first-order chi connectivity index (χ1) is 6.38. The number of phenolic OH excluding ortho intramolecular Hbond substituents is 1. The van der Waals surface area contributed by atoms with Crippen molar-refractivity contribution in [3.8, 4) is 5.75 Å². The van der Waals surface area contributed by atoms with E-state index < -0.39 is 0 Å². The van der Waals surface area contributed by atoms with Crippen LogP contribution in [0, 0.1) is 0 Å². The van der Waals surface area contributed by atoms with Gasteiger partial charge in [0.05, 0.1) is 0 Å². The highest BCUT2D eigenvalue weighted by Gasteiger charge is 1.94. The summed E-state index contributed by atoms with van der Waals surface area (Å²) in [6.07, 6.45) is 0. The van der Waals surface area contributed by atoms with Crippen LogP contribution in [0.3, 0.4) is 0 Å². The number of hydrogen-bond donors (Lipinski definition) is 1. The van der Waals surface area contributed by atoms with Crippen LogP contribution in [0.15, 0.2) is 42.5 Å². The second-order valence-electron chi connectivity index (χ2n) is 2.50. The van der Waals surface area contributed by atoms with E-state index in [2.05, 4.69) is 18.7 Å². The van der Waals surface area contributed by atoms with Crippen molar-refractivity contribution in [3.05, 3.63) is 42.5 Å². The Kier molecular flexibility index (Phi) is 3.65. The van der Waals surface area contributed by atoms with Gasteiger partial charge in [-0.1, -0.05) is 36.4 Å². The molecule has 2 rings (SSSR count). The van der Waals surface area contributed by atoms with Crippen molar-refractivity contribution in [2.75, 3.05) is 0 Å². The summed E-state index contributed by atoms with van der Waals surface area (Å²) in [4.78, 5) is 0. The molecule has 0 saturated carbocycles. The van der Waals surface area contributed by atoms with Crippen LogP contribution in [0.2, 0.25) is 0 Å². The lowest BCUT2D eigenvalue weighted by Gasteiger charge is -1.97. The molecule has 0 heterocycles. The molecule has 0 aliphatic heterocycles. The van der Waals surface area contributed by atoms with E-state index in [9.17, 15) is 5.11 Å². The number of aromatic hydroxyl groups is 1. The Morgan fingerprint density at radius 2 is 1.54 bits per heavy atom. The molecule has 0 aliphatic rings. The summed E-state index contributed by atoms with van der Waals surface area (Å²) in [5.74, 6) is 0.350. The fraction of sp³-hybridized carbons (Fsp3) is 0. The van der Waals surface area contributed by atoms with Crippen molar-refractivity contribution in [2.24, 2.45) is 0 Å². The van der Waals surface area contributed by atoms with Gasteiger partial charge in [-0.3, -0.25) is 0 Å². The minimum atomic E-state index is 0.350. The maximum Gasteiger partial charge on any atom is 0.214 e. The van der Waals surface area contributed by atoms with Crippen LogP contribution >= 0.6 is 11.5 Å². The summed E-state index contributed by atoms with van der Waals surface area (Å²) in [5.41, 5.74) is 0. The van der Waals surface area contributed by atoms with E-state index in [1.807, 2.05) is 36.4 Å². The van der Waals surface area contributed by atoms with Gasteiger partial charge in [0.25, 0.3) is 0 Å². The molecular weight excluding hydrogens is 182 g/mol. The molecule has 0 amide bonds. The van der Waals surface area contributed by atoms with Gasteiger partial charge >= 0.3 is 0 Å². The molecule has 0 bridgehead atoms. The molecule has 0 aliphatic carbocycles. The minimum Gasteiger partial charge on any atom is -0.507 e. The van der Waals surface area contributed by atoms with Gasteiger partial charge in [0.15, 0.2) is 0 Å². The molecule has 2 aromatic rings. The van der Waals surface area contributed by atoms with Crippen LogP contribution in [0.5, 0.6) is 5.75 Å². The average Bonchev–Trinajstić information content (AvgIpc) is 2.22. The van der Waals surface area contributed by atoms with Crippen LogP contribution in [0.4, 0.5) is 0 Å². The topological polar surface area (TPSA) is 20.2 Å². The van der Waals surface area contributed by atoms with Crippen molar-refractivity contribution < 1.29 is 5.11 Å². The smallest absolute Gasteiger partial charge is 0.214 e. The van der Waals surface area contributed by atoms with Crippen LogP contribution in [0.25, 0.3) is 10.8 Å². The highest BCUT2D eigenvalue weighted by atomic mass is 35.5. The highest BCUT2D eigenvalue weighted by molar-refractivity contribution is 6.80. The van der Waals surface area contributed by atoms with Gasteiger partial charge < -0.3 is 5.11 Å². The third kappa shape index (κ3) is 2.16. The van der Waals surface area contributed by atoms with Crippen molar-refractivity contribution in [3.63, 3.8) is 0 Å². The van der Waals surface area contributed by atoms with E-state index in [4.69, 9.17) is 0 Å². The molecule has 0 fully saturated rings. The third-order valence-corrected chi connectivity index (χ3v) is 1.77. The monoisotopic (exact) mass is 190 g/mol. The van der Waals surface area contributed by atoms with E-state index in [1.54, 1.807) is 6.07 Å². The molecule has 1 N–H and O–H groups in total.